The van der Waals surface area contributed by atoms with E-state index in [1.165, 1.54) is 11.1 Å². The lowest BCUT2D eigenvalue weighted by Gasteiger charge is -2.12. The van der Waals surface area contributed by atoms with Gasteiger partial charge in [0.1, 0.15) is 5.82 Å². The molecule has 0 amide bonds. The summed E-state index contributed by atoms with van der Waals surface area (Å²) in [6.45, 7) is 10.3. The number of hydrogen-bond donors (Lipinski definition) is 1. The topological polar surface area (TPSA) is 42.7 Å². The Morgan fingerprint density at radius 3 is 2.60 bits per heavy atom. The average molecular weight is 272 g/mol. The van der Waals surface area contributed by atoms with Crippen molar-refractivity contribution in [2.45, 2.75) is 47.1 Å². The molecular weight excluding hydrogens is 248 g/mol. The third-order valence-electron chi connectivity index (χ3n) is 3.38. The van der Waals surface area contributed by atoms with Crippen LogP contribution in [0.25, 0.3) is 5.69 Å². The SMILES string of the molecule is CCNCc1cc(C)ccc1-n1nc(CC)nc1CC. The van der Waals surface area contributed by atoms with Gasteiger partial charge in [0.25, 0.3) is 0 Å². The highest BCUT2D eigenvalue weighted by Crippen LogP contribution is 2.18. The minimum Gasteiger partial charge on any atom is -0.313 e. The van der Waals surface area contributed by atoms with Crippen LogP contribution in [0.2, 0.25) is 0 Å². The van der Waals surface area contributed by atoms with E-state index in [0.29, 0.717) is 0 Å². The van der Waals surface area contributed by atoms with Crippen molar-refractivity contribution >= 4 is 0 Å². The fraction of sp³-hybridized carbons (Fsp3) is 0.500. The van der Waals surface area contributed by atoms with Gasteiger partial charge in [-0.1, -0.05) is 38.5 Å². The van der Waals surface area contributed by atoms with Gasteiger partial charge >= 0.3 is 0 Å². The number of aryl methyl sites for hydroxylation is 3. The third kappa shape index (κ3) is 3.07. The lowest BCUT2D eigenvalue weighted by Crippen LogP contribution is -2.15. The van der Waals surface area contributed by atoms with Gasteiger partial charge in [-0.15, -0.1) is 0 Å². The molecule has 1 aromatic carbocycles. The van der Waals surface area contributed by atoms with Gasteiger partial charge < -0.3 is 5.32 Å². The first-order chi connectivity index (χ1) is 9.69. The Kier molecular flexibility index (Phi) is 4.90. The number of benzene rings is 1. The number of hydrogen-bond acceptors (Lipinski definition) is 3. The van der Waals surface area contributed by atoms with Crippen molar-refractivity contribution in [3.63, 3.8) is 0 Å². The van der Waals surface area contributed by atoms with E-state index in [2.05, 4.69) is 61.3 Å². The Morgan fingerprint density at radius 2 is 1.95 bits per heavy atom. The summed E-state index contributed by atoms with van der Waals surface area (Å²) in [6, 6.07) is 6.51. The molecule has 0 bridgehead atoms. The second-order valence-electron chi connectivity index (χ2n) is 4.98. The van der Waals surface area contributed by atoms with Crippen LogP contribution in [0.1, 0.15) is 43.5 Å². The molecule has 0 fully saturated rings. The van der Waals surface area contributed by atoms with Crippen LogP contribution in [0.4, 0.5) is 0 Å². The van der Waals surface area contributed by atoms with E-state index in [0.717, 1.165) is 43.3 Å². The summed E-state index contributed by atoms with van der Waals surface area (Å²) in [5, 5.41) is 8.04. The maximum absolute atomic E-state index is 4.65. The quantitative estimate of drug-likeness (QED) is 0.879. The molecule has 0 saturated heterocycles. The number of nitrogens with one attached hydrogen (secondary N) is 1. The minimum absolute atomic E-state index is 0.859. The molecule has 0 atom stereocenters. The van der Waals surface area contributed by atoms with E-state index in [4.69, 9.17) is 0 Å². The van der Waals surface area contributed by atoms with Gasteiger partial charge in [-0.25, -0.2) is 9.67 Å². The van der Waals surface area contributed by atoms with Crippen LogP contribution in [0.5, 0.6) is 0 Å². The highest BCUT2D eigenvalue weighted by Gasteiger charge is 2.12. The summed E-state index contributed by atoms with van der Waals surface area (Å²) in [7, 11) is 0. The summed E-state index contributed by atoms with van der Waals surface area (Å²) in [4.78, 5) is 4.60. The summed E-state index contributed by atoms with van der Waals surface area (Å²) < 4.78 is 2.00. The Hall–Kier alpha value is -1.68. The molecule has 108 valence electrons. The molecule has 0 radical (unpaired) electrons. The molecule has 1 aromatic heterocycles. The maximum atomic E-state index is 4.65. The van der Waals surface area contributed by atoms with Crippen molar-refractivity contribution in [3.8, 4) is 5.69 Å². The predicted molar refractivity (Wildman–Crippen MR) is 82.2 cm³/mol. The smallest absolute Gasteiger partial charge is 0.151 e. The van der Waals surface area contributed by atoms with Gasteiger partial charge in [0, 0.05) is 19.4 Å². The molecule has 2 aromatic rings. The van der Waals surface area contributed by atoms with Crippen molar-refractivity contribution in [2.75, 3.05) is 6.54 Å². The highest BCUT2D eigenvalue weighted by atomic mass is 15.4. The molecule has 0 aliphatic carbocycles. The number of aromatic nitrogens is 3. The summed E-state index contributed by atoms with van der Waals surface area (Å²) in [5.41, 5.74) is 3.69. The first-order valence-corrected chi connectivity index (χ1v) is 7.45. The van der Waals surface area contributed by atoms with Crippen molar-refractivity contribution < 1.29 is 0 Å². The van der Waals surface area contributed by atoms with Crippen molar-refractivity contribution in [1.29, 1.82) is 0 Å². The van der Waals surface area contributed by atoms with E-state index < -0.39 is 0 Å². The third-order valence-corrected chi connectivity index (χ3v) is 3.38. The minimum atomic E-state index is 0.859. The second kappa shape index (κ2) is 6.66. The largest absolute Gasteiger partial charge is 0.313 e. The van der Waals surface area contributed by atoms with Crippen molar-refractivity contribution in [3.05, 3.63) is 41.0 Å². The van der Waals surface area contributed by atoms with Gasteiger partial charge in [-0.05, 0) is 25.1 Å². The maximum Gasteiger partial charge on any atom is 0.151 e. The predicted octanol–water partition coefficient (Wildman–Crippen LogP) is 2.81. The van der Waals surface area contributed by atoms with Gasteiger partial charge in [0.2, 0.25) is 0 Å². The van der Waals surface area contributed by atoms with Crippen LogP contribution < -0.4 is 5.32 Å². The van der Waals surface area contributed by atoms with E-state index >= 15 is 0 Å². The molecular formula is C16H24N4. The molecule has 0 aliphatic rings. The van der Waals surface area contributed by atoms with Gasteiger partial charge in [0.05, 0.1) is 5.69 Å². The van der Waals surface area contributed by atoms with Gasteiger partial charge in [0.15, 0.2) is 5.82 Å². The summed E-state index contributed by atoms with van der Waals surface area (Å²) in [6.07, 6.45) is 1.76. The molecule has 2 rings (SSSR count). The van der Waals surface area contributed by atoms with Crippen LogP contribution in [0.3, 0.4) is 0 Å². The van der Waals surface area contributed by atoms with E-state index in [1.54, 1.807) is 0 Å². The van der Waals surface area contributed by atoms with E-state index in [-0.39, 0.29) is 0 Å². The molecule has 0 spiro atoms. The molecule has 4 heteroatoms. The Morgan fingerprint density at radius 1 is 1.15 bits per heavy atom. The Labute approximate surface area is 121 Å². The van der Waals surface area contributed by atoms with Crippen LogP contribution in [-0.4, -0.2) is 21.3 Å². The lowest BCUT2D eigenvalue weighted by atomic mass is 10.1. The van der Waals surface area contributed by atoms with Crippen molar-refractivity contribution in [2.24, 2.45) is 0 Å². The van der Waals surface area contributed by atoms with Crippen molar-refractivity contribution in [1.82, 2.24) is 20.1 Å². The average Bonchev–Trinajstić information content (AvgIpc) is 2.88. The molecule has 0 aliphatic heterocycles. The lowest BCUT2D eigenvalue weighted by molar-refractivity contribution is 0.708. The normalized spacial score (nSPS) is 11.0. The molecule has 1 heterocycles. The first-order valence-electron chi connectivity index (χ1n) is 7.45. The van der Waals surface area contributed by atoms with E-state index in [1.807, 2.05) is 4.68 Å². The highest BCUT2D eigenvalue weighted by molar-refractivity contribution is 5.43. The zero-order chi connectivity index (χ0) is 14.5. The molecule has 0 saturated carbocycles. The standard InChI is InChI=1S/C16H24N4/c1-5-15-18-16(6-2)20(19-15)14-9-8-12(4)10-13(14)11-17-7-3/h8-10,17H,5-7,11H2,1-4H3. The zero-order valence-corrected chi connectivity index (χ0v) is 12.9. The Bertz CT molecular complexity index is 572. The Balaban J connectivity index is 2.47. The fourth-order valence-electron chi connectivity index (χ4n) is 2.29. The van der Waals surface area contributed by atoms with E-state index in [9.17, 15) is 0 Å². The number of nitrogens with zero attached hydrogens (tertiary/aromatic N) is 3. The molecule has 4 nitrogen and oxygen atoms in total. The molecule has 20 heavy (non-hydrogen) atoms. The van der Waals surface area contributed by atoms with Crippen LogP contribution in [-0.2, 0) is 19.4 Å². The zero-order valence-electron chi connectivity index (χ0n) is 12.9. The summed E-state index contributed by atoms with van der Waals surface area (Å²) in [5.74, 6) is 1.94. The number of rotatable bonds is 6. The monoisotopic (exact) mass is 272 g/mol. The molecule has 1 N–H and O–H groups in total. The summed E-state index contributed by atoms with van der Waals surface area (Å²) >= 11 is 0. The van der Waals surface area contributed by atoms with Crippen LogP contribution in [0.15, 0.2) is 18.2 Å². The van der Waals surface area contributed by atoms with Crippen LogP contribution >= 0.6 is 0 Å². The van der Waals surface area contributed by atoms with Gasteiger partial charge in [-0.2, -0.15) is 5.10 Å². The second-order valence-corrected chi connectivity index (χ2v) is 4.98. The first kappa shape index (κ1) is 14.7. The van der Waals surface area contributed by atoms with Crippen LogP contribution in [0, 0.1) is 6.92 Å². The fourth-order valence-corrected chi connectivity index (χ4v) is 2.29. The molecule has 0 unspecified atom stereocenters. The van der Waals surface area contributed by atoms with Gasteiger partial charge in [-0.3, -0.25) is 0 Å².